The largest absolute Gasteiger partial charge is 0.325 e. The van der Waals surface area contributed by atoms with Crippen molar-refractivity contribution in [1.82, 2.24) is 19.6 Å². The van der Waals surface area contributed by atoms with Crippen LogP contribution in [0.1, 0.15) is 36.0 Å². The highest BCUT2D eigenvalue weighted by atomic mass is 19.3. The molecule has 3 aromatic rings. The minimum atomic E-state index is -2.83. The van der Waals surface area contributed by atoms with Crippen LogP contribution >= 0.6 is 0 Å². The van der Waals surface area contributed by atoms with Crippen molar-refractivity contribution in [2.75, 3.05) is 6.54 Å². The molecule has 0 radical (unpaired) electrons. The van der Waals surface area contributed by atoms with Gasteiger partial charge in [0.15, 0.2) is 5.78 Å². The summed E-state index contributed by atoms with van der Waals surface area (Å²) in [5.74, 6) is -3.85. The summed E-state index contributed by atoms with van der Waals surface area (Å²) in [6, 6.07) is 11.8. The Morgan fingerprint density at radius 3 is 2.47 bits per heavy atom. The number of amides is 3. The Labute approximate surface area is 182 Å². The SMILES string of the molecule is O=C(CN1C(=O)NC2(CCC(F)(F)CC2)C1=O)c1ccc(-c2ncn3ccccc23)cc1. The first-order valence-electron chi connectivity index (χ1n) is 10.4. The molecule has 0 bridgehead atoms. The number of hydrogen-bond acceptors (Lipinski definition) is 4. The van der Waals surface area contributed by atoms with E-state index in [1.165, 1.54) is 0 Å². The summed E-state index contributed by atoms with van der Waals surface area (Å²) in [6.45, 7) is -0.435. The average Bonchev–Trinajstić information content (AvgIpc) is 3.31. The Morgan fingerprint density at radius 2 is 1.75 bits per heavy atom. The molecule has 2 aliphatic rings. The van der Waals surface area contributed by atoms with Crippen LogP contribution in [0.2, 0.25) is 0 Å². The summed E-state index contributed by atoms with van der Waals surface area (Å²) in [5, 5.41) is 2.55. The molecule has 32 heavy (non-hydrogen) atoms. The maximum atomic E-state index is 13.5. The summed E-state index contributed by atoms with van der Waals surface area (Å²) in [5.41, 5.74) is 1.54. The third-order valence-electron chi connectivity index (χ3n) is 6.31. The number of pyridine rings is 1. The van der Waals surface area contributed by atoms with Gasteiger partial charge in [0.2, 0.25) is 5.92 Å². The zero-order valence-corrected chi connectivity index (χ0v) is 17.1. The fourth-order valence-electron chi connectivity index (χ4n) is 4.42. The molecule has 2 fully saturated rings. The number of Topliss-reactive ketones (excluding diaryl/α,β-unsaturated/α-hetero) is 1. The Kier molecular flexibility index (Phi) is 4.58. The van der Waals surface area contributed by atoms with Gasteiger partial charge in [0.05, 0.1) is 24.1 Å². The van der Waals surface area contributed by atoms with E-state index in [0.29, 0.717) is 5.56 Å². The number of nitrogens with one attached hydrogen (secondary N) is 1. The number of ketones is 1. The summed E-state index contributed by atoms with van der Waals surface area (Å²) in [7, 11) is 0. The second kappa shape index (κ2) is 7.22. The number of alkyl halides is 2. The highest BCUT2D eigenvalue weighted by molar-refractivity contribution is 6.11. The van der Waals surface area contributed by atoms with Crippen molar-refractivity contribution in [1.29, 1.82) is 0 Å². The minimum Gasteiger partial charge on any atom is -0.323 e. The van der Waals surface area contributed by atoms with Crippen molar-refractivity contribution in [3.63, 3.8) is 0 Å². The number of carbonyl (C=O) groups excluding carboxylic acids is 3. The van der Waals surface area contributed by atoms with E-state index in [2.05, 4.69) is 10.3 Å². The normalized spacial score (nSPS) is 19.5. The molecule has 2 aromatic heterocycles. The fraction of sp³-hybridized carbons (Fsp3) is 0.304. The van der Waals surface area contributed by atoms with Gasteiger partial charge >= 0.3 is 6.03 Å². The van der Waals surface area contributed by atoms with E-state index in [0.717, 1.165) is 21.7 Å². The zero-order valence-electron chi connectivity index (χ0n) is 17.1. The van der Waals surface area contributed by atoms with Crippen molar-refractivity contribution >= 4 is 23.2 Å². The molecule has 9 heteroatoms. The molecule has 1 spiro atoms. The summed E-state index contributed by atoms with van der Waals surface area (Å²) < 4.78 is 28.9. The maximum Gasteiger partial charge on any atom is 0.325 e. The predicted molar refractivity (Wildman–Crippen MR) is 111 cm³/mol. The Hall–Kier alpha value is -3.62. The molecule has 7 nitrogen and oxygen atoms in total. The van der Waals surface area contributed by atoms with Crippen LogP contribution in [-0.4, -0.2) is 50.0 Å². The second-order valence-corrected chi connectivity index (χ2v) is 8.35. The van der Waals surface area contributed by atoms with E-state index >= 15 is 0 Å². The molecule has 3 amide bonds. The van der Waals surface area contributed by atoms with Crippen molar-refractivity contribution < 1.29 is 23.2 Å². The average molecular weight is 438 g/mol. The third-order valence-corrected chi connectivity index (χ3v) is 6.31. The molecular formula is C23H20F2N4O3. The van der Waals surface area contributed by atoms with Crippen LogP contribution in [0.15, 0.2) is 55.0 Å². The first kappa shape index (κ1) is 20.3. The molecule has 1 aliphatic heterocycles. The molecule has 164 valence electrons. The Bertz CT molecular complexity index is 1230. The summed E-state index contributed by atoms with van der Waals surface area (Å²) >= 11 is 0. The van der Waals surface area contributed by atoms with Crippen LogP contribution in [0, 0.1) is 0 Å². The molecule has 1 saturated carbocycles. The van der Waals surface area contributed by atoms with Crippen LogP contribution in [-0.2, 0) is 4.79 Å². The van der Waals surface area contributed by atoms with Crippen LogP contribution in [0.25, 0.3) is 16.8 Å². The Morgan fingerprint density at radius 1 is 1.03 bits per heavy atom. The third kappa shape index (κ3) is 3.34. The number of hydrogen-bond donors (Lipinski definition) is 1. The van der Waals surface area contributed by atoms with Gasteiger partial charge in [0, 0.05) is 30.2 Å². The van der Waals surface area contributed by atoms with Gasteiger partial charge < -0.3 is 9.72 Å². The monoisotopic (exact) mass is 438 g/mol. The smallest absolute Gasteiger partial charge is 0.323 e. The van der Waals surface area contributed by atoms with E-state index < -0.39 is 48.6 Å². The second-order valence-electron chi connectivity index (χ2n) is 8.35. The predicted octanol–water partition coefficient (Wildman–Crippen LogP) is 3.68. The van der Waals surface area contributed by atoms with Crippen LogP contribution < -0.4 is 5.32 Å². The molecule has 1 N–H and O–H groups in total. The van der Waals surface area contributed by atoms with E-state index in [1.807, 2.05) is 28.8 Å². The van der Waals surface area contributed by atoms with Gasteiger partial charge in [-0.05, 0) is 25.0 Å². The zero-order chi connectivity index (χ0) is 22.5. The molecule has 1 aromatic carbocycles. The molecular weight excluding hydrogens is 418 g/mol. The number of rotatable bonds is 4. The molecule has 0 atom stereocenters. The van der Waals surface area contributed by atoms with Crippen LogP contribution in [0.3, 0.4) is 0 Å². The first-order chi connectivity index (χ1) is 15.3. The Balaban J connectivity index is 1.31. The summed E-state index contributed by atoms with van der Waals surface area (Å²) in [6.07, 6.45) is 2.39. The van der Waals surface area contributed by atoms with E-state index in [9.17, 15) is 23.2 Å². The molecule has 1 saturated heterocycles. The number of urea groups is 1. The maximum absolute atomic E-state index is 13.5. The van der Waals surface area contributed by atoms with Gasteiger partial charge in [-0.1, -0.05) is 30.3 Å². The highest BCUT2D eigenvalue weighted by Crippen LogP contribution is 2.41. The van der Waals surface area contributed by atoms with Crippen molar-refractivity contribution in [2.45, 2.75) is 37.1 Å². The number of imide groups is 1. The fourth-order valence-corrected chi connectivity index (χ4v) is 4.42. The lowest BCUT2D eigenvalue weighted by molar-refractivity contribution is -0.135. The lowest BCUT2D eigenvalue weighted by Gasteiger charge is -2.34. The van der Waals surface area contributed by atoms with Gasteiger partial charge in [0.25, 0.3) is 5.91 Å². The van der Waals surface area contributed by atoms with Gasteiger partial charge in [-0.15, -0.1) is 0 Å². The van der Waals surface area contributed by atoms with Crippen LogP contribution in [0.5, 0.6) is 0 Å². The van der Waals surface area contributed by atoms with Gasteiger partial charge in [-0.2, -0.15) is 0 Å². The van der Waals surface area contributed by atoms with Crippen molar-refractivity contribution in [3.8, 4) is 11.3 Å². The summed E-state index contributed by atoms with van der Waals surface area (Å²) in [4.78, 5) is 43.2. The number of aromatic nitrogens is 2. The van der Waals surface area contributed by atoms with Gasteiger partial charge in [-0.25, -0.2) is 18.6 Å². The van der Waals surface area contributed by atoms with E-state index in [1.54, 1.807) is 30.6 Å². The van der Waals surface area contributed by atoms with Crippen molar-refractivity contribution in [2.24, 2.45) is 0 Å². The number of imidazole rings is 1. The van der Waals surface area contributed by atoms with E-state index in [-0.39, 0.29) is 12.8 Å². The number of benzene rings is 1. The topological polar surface area (TPSA) is 83.8 Å². The lowest BCUT2D eigenvalue weighted by Crippen LogP contribution is -2.51. The number of fused-ring (bicyclic) bond motifs is 1. The molecule has 0 unspecified atom stereocenters. The highest BCUT2D eigenvalue weighted by Gasteiger charge is 2.55. The first-order valence-corrected chi connectivity index (χ1v) is 10.4. The van der Waals surface area contributed by atoms with Gasteiger partial charge in [0.1, 0.15) is 5.54 Å². The van der Waals surface area contributed by atoms with Crippen molar-refractivity contribution in [3.05, 3.63) is 60.6 Å². The number of halogens is 2. The minimum absolute atomic E-state index is 0.136. The number of carbonyl (C=O) groups is 3. The quantitative estimate of drug-likeness (QED) is 0.498. The van der Waals surface area contributed by atoms with E-state index in [4.69, 9.17) is 0 Å². The molecule has 1 aliphatic carbocycles. The molecule has 3 heterocycles. The molecule has 5 rings (SSSR count). The van der Waals surface area contributed by atoms with Gasteiger partial charge in [-0.3, -0.25) is 14.5 Å². The standard InChI is InChI=1S/C23H20F2N4O3/c24-23(25)10-8-22(9-11-23)20(31)29(21(32)27-22)13-18(30)15-4-6-16(7-5-15)19-17-3-1-2-12-28(17)14-26-19/h1-7,12,14H,8-11,13H2,(H,27,32). The number of nitrogens with zero attached hydrogens (tertiary/aromatic N) is 3. The lowest BCUT2D eigenvalue weighted by atomic mass is 9.80. The van der Waals surface area contributed by atoms with Crippen LogP contribution in [0.4, 0.5) is 13.6 Å².